The minimum atomic E-state index is -1.14. The van der Waals surface area contributed by atoms with E-state index in [0.717, 1.165) is 5.56 Å². The van der Waals surface area contributed by atoms with E-state index in [-0.39, 0.29) is 18.2 Å². The average molecular weight is 490 g/mol. The molecule has 1 saturated heterocycles. The van der Waals surface area contributed by atoms with Crippen molar-refractivity contribution in [3.8, 4) is 0 Å². The number of unbranched alkanes of at least 4 members (excludes halogenated alkanes) is 1. The van der Waals surface area contributed by atoms with Crippen LogP contribution < -0.4 is 22.1 Å². The molecule has 1 fully saturated rings. The Morgan fingerprint density at radius 3 is 2.40 bits per heavy atom. The van der Waals surface area contributed by atoms with Gasteiger partial charge in [-0.2, -0.15) is 0 Å². The molecule has 0 spiro atoms. The summed E-state index contributed by atoms with van der Waals surface area (Å²) in [5, 5.41) is 14.7. The van der Waals surface area contributed by atoms with Crippen LogP contribution in [-0.2, 0) is 25.6 Å². The Hall–Kier alpha value is -2.98. The highest BCUT2D eigenvalue weighted by Crippen LogP contribution is 2.20. The number of nitrogens with zero attached hydrogens (tertiary/aromatic N) is 1. The molecule has 0 bridgehead atoms. The van der Waals surface area contributed by atoms with Crippen molar-refractivity contribution in [3.63, 3.8) is 0 Å². The zero-order chi connectivity index (χ0) is 26.0. The van der Waals surface area contributed by atoms with Gasteiger partial charge in [-0.15, -0.1) is 0 Å². The Morgan fingerprint density at radius 2 is 1.80 bits per heavy atom. The quantitative estimate of drug-likeness (QED) is 0.250. The summed E-state index contributed by atoms with van der Waals surface area (Å²) in [4.78, 5) is 52.1. The van der Waals surface area contributed by atoms with Crippen LogP contribution in [0.4, 0.5) is 0 Å². The summed E-state index contributed by atoms with van der Waals surface area (Å²) in [7, 11) is 0. The molecule has 0 aliphatic carbocycles. The van der Waals surface area contributed by atoms with Gasteiger partial charge in [-0.05, 0) is 56.6 Å². The zero-order valence-corrected chi connectivity index (χ0v) is 20.6. The number of rotatable bonds is 13. The van der Waals surface area contributed by atoms with Gasteiger partial charge in [0, 0.05) is 6.54 Å². The lowest BCUT2D eigenvalue weighted by atomic mass is 10.0. The van der Waals surface area contributed by atoms with Crippen LogP contribution in [0.15, 0.2) is 30.3 Å². The van der Waals surface area contributed by atoms with E-state index in [4.69, 9.17) is 11.5 Å². The Bertz CT molecular complexity index is 863. The van der Waals surface area contributed by atoms with E-state index < -0.39 is 42.0 Å². The lowest BCUT2D eigenvalue weighted by Crippen LogP contribution is -2.58. The van der Waals surface area contributed by atoms with Gasteiger partial charge < -0.3 is 32.1 Å². The number of nitrogens with one attached hydrogen (secondary N) is 2. The van der Waals surface area contributed by atoms with Crippen molar-refractivity contribution in [2.24, 2.45) is 17.4 Å². The summed E-state index contributed by atoms with van der Waals surface area (Å²) >= 11 is 0. The lowest BCUT2D eigenvalue weighted by Gasteiger charge is -2.29. The summed E-state index contributed by atoms with van der Waals surface area (Å²) in [5.41, 5.74) is 12.6. The first-order valence-corrected chi connectivity index (χ1v) is 12.3. The minimum absolute atomic E-state index is 0.251. The van der Waals surface area contributed by atoms with Crippen molar-refractivity contribution < 1.29 is 24.3 Å². The number of carboxylic acids is 1. The van der Waals surface area contributed by atoms with Crippen LogP contribution in [0.2, 0.25) is 0 Å². The second-order valence-corrected chi connectivity index (χ2v) is 9.40. The second kappa shape index (κ2) is 13.8. The topological polar surface area (TPSA) is 168 Å². The van der Waals surface area contributed by atoms with Crippen molar-refractivity contribution in [2.75, 3.05) is 13.1 Å². The number of likely N-dealkylation sites (tertiary alicyclic amines) is 1. The number of carbonyl (C=O) groups is 4. The third-order valence-corrected chi connectivity index (χ3v) is 6.26. The molecule has 7 N–H and O–H groups in total. The molecule has 3 amide bonds. The molecule has 10 nitrogen and oxygen atoms in total. The normalized spacial score (nSPS) is 18.1. The van der Waals surface area contributed by atoms with Crippen molar-refractivity contribution in [3.05, 3.63) is 35.9 Å². The lowest BCUT2D eigenvalue weighted by molar-refractivity contribution is -0.143. The Labute approximate surface area is 206 Å². The van der Waals surface area contributed by atoms with E-state index >= 15 is 0 Å². The van der Waals surface area contributed by atoms with Gasteiger partial charge in [0.1, 0.15) is 18.1 Å². The highest BCUT2D eigenvalue weighted by atomic mass is 16.4. The zero-order valence-electron chi connectivity index (χ0n) is 20.6. The predicted octanol–water partition coefficient (Wildman–Crippen LogP) is 0.387. The fourth-order valence-electron chi connectivity index (χ4n) is 4.27. The molecule has 4 atom stereocenters. The number of aliphatic carboxylic acids is 1. The second-order valence-electron chi connectivity index (χ2n) is 9.40. The number of hydrogen-bond acceptors (Lipinski definition) is 6. The molecule has 1 aromatic rings. The van der Waals surface area contributed by atoms with Crippen LogP contribution in [0.1, 0.15) is 51.5 Å². The average Bonchev–Trinajstić information content (AvgIpc) is 3.31. The van der Waals surface area contributed by atoms with Gasteiger partial charge in [-0.3, -0.25) is 14.4 Å². The van der Waals surface area contributed by atoms with E-state index in [1.54, 1.807) is 13.8 Å². The number of amides is 3. The SMILES string of the molecule is CC(C)C(NC(=O)C1CCCN1C(=O)C(N)Cc1ccccc1)C(=O)NC(CCCCN)C(=O)O. The maximum absolute atomic E-state index is 13.1. The minimum Gasteiger partial charge on any atom is -0.480 e. The molecule has 35 heavy (non-hydrogen) atoms. The van der Waals surface area contributed by atoms with Crippen LogP contribution >= 0.6 is 0 Å². The maximum Gasteiger partial charge on any atom is 0.326 e. The summed E-state index contributed by atoms with van der Waals surface area (Å²) < 4.78 is 0. The summed E-state index contributed by atoms with van der Waals surface area (Å²) in [6.45, 7) is 4.39. The fourth-order valence-corrected chi connectivity index (χ4v) is 4.27. The molecule has 10 heteroatoms. The Morgan fingerprint density at radius 1 is 1.11 bits per heavy atom. The van der Waals surface area contributed by atoms with Crippen molar-refractivity contribution in [1.82, 2.24) is 15.5 Å². The third-order valence-electron chi connectivity index (χ3n) is 6.26. The molecule has 1 aliphatic rings. The standard InChI is InChI=1S/C25H39N5O5/c1-16(2)21(23(32)28-19(25(34)35)11-6-7-13-26)29-22(31)20-12-8-14-30(20)24(33)18(27)15-17-9-4-3-5-10-17/h3-5,9-10,16,18-21H,6-8,11-15,26-27H2,1-2H3,(H,28,32)(H,29,31)(H,34,35). The molecule has 0 aromatic heterocycles. The Balaban J connectivity index is 2.03. The van der Waals surface area contributed by atoms with Gasteiger partial charge >= 0.3 is 5.97 Å². The largest absolute Gasteiger partial charge is 0.480 e. The van der Waals surface area contributed by atoms with Gasteiger partial charge in [-0.25, -0.2) is 4.79 Å². The van der Waals surface area contributed by atoms with Crippen LogP contribution in [-0.4, -0.2) is 71.0 Å². The van der Waals surface area contributed by atoms with Gasteiger partial charge in [0.15, 0.2) is 0 Å². The molecule has 2 rings (SSSR count). The number of hydrogen-bond donors (Lipinski definition) is 5. The molecule has 194 valence electrons. The van der Waals surface area contributed by atoms with Gasteiger partial charge in [-0.1, -0.05) is 44.2 Å². The molecule has 1 aliphatic heterocycles. The number of carbonyl (C=O) groups excluding carboxylic acids is 3. The molecule has 0 radical (unpaired) electrons. The summed E-state index contributed by atoms with van der Waals surface area (Å²) in [6.07, 6.45) is 2.96. The van der Waals surface area contributed by atoms with Crippen LogP contribution in [0.25, 0.3) is 0 Å². The molecule has 1 heterocycles. The van der Waals surface area contributed by atoms with Crippen LogP contribution in [0, 0.1) is 5.92 Å². The molecule has 4 unspecified atom stereocenters. The smallest absolute Gasteiger partial charge is 0.326 e. The van der Waals surface area contributed by atoms with E-state index in [0.29, 0.717) is 45.2 Å². The summed E-state index contributed by atoms with van der Waals surface area (Å²) in [5.74, 6) is -2.73. The first-order valence-electron chi connectivity index (χ1n) is 12.3. The van der Waals surface area contributed by atoms with E-state index in [1.165, 1.54) is 4.90 Å². The number of carboxylic acid groups (broad SMARTS) is 1. The van der Waals surface area contributed by atoms with Gasteiger partial charge in [0.25, 0.3) is 0 Å². The van der Waals surface area contributed by atoms with E-state index in [9.17, 15) is 24.3 Å². The van der Waals surface area contributed by atoms with Crippen molar-refractivity contribution >= 4 is 23.7 Å². The molecule has 1 aromatic carbocycles. The highest BCUT2D eigenvalue weighted by Gasteiger charge is 2.38. The monoisotopic (exact) mass is 489 g/mol. The molecule has 0 saturated carbocycles. The molecular weight excluding hydrogens is 450 g/mol. The first-order chi connectivity index (χ1) is 16.6. The maximum atomic E-state index is 13.1. The number of benzene rings is 1. The fraction of sp³-hybridized carbons (Fsp3) is 0.600. The predicted molar refractivity (Wildman–Crippen MR) is 132 cm³/mol. The number of nitrogens with two attached hydrogens (primary N) is 2. The molecular formula is C25H39N5O5. The van der Waals surface area contributed by atoms with E-state index in [1.807, 2.05) is 30.3 Å². The highest BCUT2D eigenvalue weighted by molar-refractivity contribution is 5.94. The van der Waals surface area contributed by atoms with Crippen LogP contribution in [0.5, 0.6) is 0 Å². The van der Waals surface area contributed by atoms with Gasteiger partial charge in [0.05, 0.1) is 6.04 Å². The summed E-state index contributed by atoms with van der Waals surface area (Å²) in [6, 6.07) is 5.94. The van der Waals surface area contributed by atoms with Gasteiger partial charge in [0.2, 0.25) is 17.7 Å². The van der Waals surface area contributed by atoms with Crippen LogP contribution in [0.3, 0.4) is 0 Å². The first kappa shape index (κ1) is 28.3. The third kappa shape index (κ3) is 8.32. The van der Waals surface area contributed by atoms with E-state index in [2.05, 4.69) is 10.6 Å². The van der Waals surface area contributed by atoms with Crippen molar-refractivity contribution in [1.29, 1.82) is 0 Å². The Kier molecular flexibility index (Phi) is 11.1. The van der Waals surface area contributed by atoms with Crippen molar-refractivity contribution in [2.45, 2.75) is 76.5 Å².